The fourth-order valence-electron chi connectivity index (χ4n) is 6.46. The molecular weight excluding hydrogens is 613 g/mol. The molecule has 1 N–H and O–H groups in total. The first-order chi connectivity index (χ1) is 23.6. The first kappa shape index (κ1) is 29.7. The molecule has 6 nitrogen and oxygen atoms in total. The SMILES string of the molecule is COc1ccc([C@@H]2C(c3nc4ccccc4s3)=C(c3ccccc3)Nc3c2c(C)nn3-c2ccc(C)cc2)cc1OCc1ccccc1. The van der Waals surface area contributed by atoms with Crippen molar-refractivity contribution >= 4 is 38.6 Å². The van der Waals surface area contributed by atoms with E-state index in [1.54, 1.807) is 18.4 Å². The van der Waals surface area contributed by atoms with Crippen molar-refractivity contribution in [1.29, 1.82) is 0 Å². The first-order valence-corrected chi connectivity index (χ1v) is 16.8. The number of aryl methyl sites for hydroxylation is 2. The standard InChI is InChI=1S/C41H34N4O2S/c1-26-18-21-31(22-19-26)45-40-36(27(2)44-45)37(30-20-23-33(46-3)34(24-30)47-25-28-12-6-4-7-13-28)38(39(43-40)29-14-8-5-9-15-29)41-42-32-16-10-11-17-35(32)48-41/h4-24,37,43H,25H2,1-3H3/t37-/m0/s1. The molecule has 1 aliphatic rings. The van der Waals surface area contributed by atoms with E-state index in [4.69, 9.17) is 19.6 Å². The Morgan fingerprint density at radius 1 is 0.792 bits per heavy atom. The van der Waals surface area contributed by atoms with Crippen LogP contribution in [0.5, 0.6) is 11.5 Å². The Balaban J connectivity index is 1.38. The summed E-state index contributed by atoms with van der Waals surface area (Å²) in [4.78, 5) is 5.23. The Morgan fingerprint density at radius 3 is 2.27 bits per heavy atom. The maximum absolute atomic E-state index is 6.46. The van der Waals surface area contributed by atoms with Gasteiger partial charge in [-0.15, -0.1) is 11.3 Å². The van der Waals surface area contributed by atoms with Gasteiger partial charge in [-0.05, 0) is 66.9 Å². The zero-order chi connectivity index (χ0) is 32.6. The van der Waals surface area contributed by atoms with Crippen molar-refractivity contribution in [1.82, 2.24) is 14.8 Å². The van der Waals surface area contributed by atoms with Crippen LogP contribution in [0.1, 0.15) is 44.4 Å². The zero-order valence-corrected chi connectivity index (χ0v) is 27.8. The van der Waals surface area contributed by atoms with Gasteiger partial charge in [0.25, 0.3) is 0 Å². The number of para-hydroxylation sites is 1. The predicted octanol–water partition coefficient (Wildman–Crippen LogP) is 9.81. The van der Waals surface area contributed by atoms with E-state index in [1.807, 2.05) is 41.1 Å². The predicted molar refractivity (Wildman–Crippen MR) is 195 cm³/mol. The number of ether oxygens (including phenoxy) is 2. The Morgan fingerprint density at radius 2 is 1.52 bits per heavy atom. The van der Waals surface area contributed by atoms with Crippen molar-refractivity contribution < 1.29 is 9.47 Å². The molecule has 0 spiro atoms. The van der Waals surface area contributed by atoms with Gasteiger partial charge >= 0.3 is 0 Å². The van der Waals surface area contributed by atoms with Crippen molar-refractivity contribution in [3.8, 4) is 17.2 Å². The smallest absolute Gasteiger partial charge is 0.161 e. The summed E-state index contributed by atoms with van der Waals surface area (Å²) in [5, 5.41) is 10.00. The quantitative estimate of drug-likeness (QED) is 0.178. The number of nitrogens with zero attached hydrogens (tertiary/aromatic N) is 3. The summed E-state index contributed by atoms with van der Waals surface area (Å²) in [6.07, 6.45) is 0. The average molecular weight is 647 g/mol. The van der Waals surface area contributed by atoms with E-state index in [0.29, 0.717) is 18.1 Å². The number of fused-ring (bicyclic) bond motifs is 2. The molecule has 0 saturated heterocycles. The summed E-state index contributed by atoms with van der Waals surface area (Å²) in [7, 11) is 1.68. The summed E-state index contributed by atoms with van der Waals surface area (Å²) in [6.45, 7) is 4.62. The molecule has 0 bridgehead atoms. The molecule has 7 aromatic rings. The Hall–Kier alpha value is -5.66. The number of hydrogen-bond donors (Lipinski definition) is 1. The van der Waals surface area contributed by atoms with Crippen molar-refractivity contribution in [2.24, 2.45) is 0 Å². The van der Waals surface area contributed by atoms with Gasteiger partial charge < -0.3 is 14.8 Å². The van der Waals surface area contributed by atoms with Gasteiger partial charge in [0, 0.05) is 17.1 Å². The zero-order valence-electron chi connectivity index (χ0n) is 27.0. The van der Waals surface area contributed by atoms with Gasteiger partial charge in [0.15, 0.2) is 11.5 Å². The van der Waals surface area contributed by atoms with Crippen molar-refractivity contribution in [2.75, 3.05) is 12.4 Å². The molecule has 1 aliphatic heterocycles. The van der Waals surface area contributed by atoms with Crippen LogP contribution in [0.25, 0.3) is 27.2 Å². The Bertz CT molecular complexity index is 2240. The van der Waals surface area contributed by atoms with Gasteiger partial charge in [-0.3, -0.25) is 0 Å². The monoisotopic (exact) mass is 646 g/mol. The fourth-order valence-corrected chi connectivity index (χ4v) is 7.50. The highest BCUT2D eigenvalue weighted by molar-refractivity contribution is 7.19. The molecule has 0 aliphatic carbocycles. The van der Waals surface area contributed by atoms with Crippen LogP contribution < -0.4 is 14.8 Å². The summed E-state index contributed by atoms with van der Waals surface area (Å²) in [5.74, 6) is 2.10. The van der Waals surface area contributed by atoms with E-state index in [1.165, 1.54) is 5.56 Å². The van der Waals surface area contributed by atoms with Crippen LogP contribution in [0.2, 0.25) is 0 Å². The second-order valence-corrected chi connectivity index (χ2v) is 13.0. The third kappa shape index (κ3) is 5.42. The number of rotatable bonds is 8. The highest BCUT2D eigenvalue weighted by Gasteiger charge is 2.37. The number of benzene rings is 5. The summed E-state index contributed by atoms with van der Waals surface area (Å²) >= 11 is 1.71. The van der Waals surface area contributed by atoms with Crippen molar-refractivity contribution in [3.63, 3.8) is 0 Å². The summed E-state index contributed by atoms with van der Waals surface area (Å²) < 4.78 is 15.4. The molecule has 0 unspecified atom stereocenters. The van der Waals surface area contributed by atoms with Gasteiger partial charge in [-0.2, -0.15) is 5.10 Å². The Kier molecular flexibility index (Phi) is 7.74. The van der Waals surface area contributed by atoms with Crippen LogP contribution in [-0.2, 0) is 6.61 Å². The molecule has 5 aromatic carbocycles. The lowest BCUT2D eigenvalue weighted by molar-refractivity contribution is 0.284. The second-order valence-electron chi connectivity index (χ2n) is 12.0. The van der Waals surface area contributed by atoms with E-state index < -0.39 is 0 Å². The highest BCUT2D eigenvalue weighted by atomic mass is 32.1. The highest BCUT2D eigenvalue weighted by Crippen LogP contribution is 2.52. The minimum atomic E-state index is -0.207. The second kappa shape index (κ2) is 12.5. The third-order valence-electron chi connectivity index (χ3n) is 8.82. The van der Waals surface area contributed by atoms with Crippen LogP contribution in [0.3, 0.4) is 0 Å². The molecule has 0 amide bonds. The molecule has 8 rings (SSSR count). The molecular formula is C41H34N4O2S. The van der Waals surface area contributed by atoms with Gasteiger partial charge in [-0.25, -0.2) is 9.67 Å². The number of methoxy groups -OCH3 is 1. The molecule has 0 fully saturated rings. The summed E-state index contributed by atoms with van der Waals surface area (Å²) in [5.41, 5.74) is 10.5. The van der Waals surface area contributed by atoms with E-state index in [-0.39, 0.29) is 5.92 Å². The van der Waals surface area contributed by atoms with E-state index in [0.717, 1.165) is 65.9 Å². The topological polar surface area (TPSA) is 61.2 Å². The van der Waals surface area contributed by atoms with Crippen molar-refractivity contribution in [2.45, 2.75) is 26.4 Å². The molecule has 2 aromatic heterocycles. The van der Waals surface area contributed by atoms with E-state index >= 15 is 0 Å². The number of nitrogens with one attached hydrogen (secondary N) is 1. The number of anilines is 1. The molecule has 1 atom stereocenters. The van der Waals surface area contributed by atoms with Crippen LogP contribution in [0, 0.1) is 13.8 Å². The van der Waals surface area contributed by atoms with Crippen LogP contribution >= 0.6 is 11.3 Å². The fraction of sp³-hybridized carbons (Fsp3) is 0.122. The maximum atomic E-state index is 6.46. The lowest BCUT2D eigenvalue weighted by atomic mass is 9.80. The number of allylic oxidation sites excluding steroid dienone is 1. The van der Waals surface area contributed by atoms with Gasteiger partial charge in [0.05, 0.1) is 34.4 Å². The lowest BCUT2D eigenvalue weighted by Crippen LogP contribution is -2.19. The van der Waals surface area contributed by atoms with Crippen molar-refractivity contribution in [3.05, 3.63) is 166 Å². The minimum Gasteiger partial charge on any atom is -0.493 e. The third-order valence-corrected chi connectivity index (χ3v) is 9.89. The first-order valence-electron chi connectivity index (χ1n) is 16.0. The van der Waals surface area contributed by atoms with Gasteiger partial charge in [-0.1, -0.05) is 96.6 Å². The summed E-state index contributed by atoms with van der Waals surface area (Å²) in [6, 6.07) is 43.8. The number of aromatic nitrogens is 3. The molecule has 48 heavy (non-hydrogen) atoms. The maximum Gasteiger partial charge on any atom is 0.161 e. The molecule has 0 saturated carbocycles. The average Bonchev–Trinajstić information content (AvgIpc) is 3.71. The largest absolute Gasteiger partial charge is 0.493 e. The Labute approximate surface area is 284 Å². The van der Waals surface area contributed by atoms with Crippen LogP contribution in [-0.4, -0.2) is 21.9 Å². The molecule has 3 heterocycles. The molecule has 7 heteroatoms. The van der Waals surface area contributed by atoms with E-state index in [9.17, 15) is 0 Å². The molecule has 0 radical (unpaired) electrons. The van der Waals surface area contributed by atoms with Crippen LogP contribution in [0.15, 0.2) is 127 Å². The van der Waals surface area contributed by atoms with Crippen LogP contribution in [0.4, 0.5) is 5.82 Å². The lowest BCUT2D eigenvalue weighted by Gasteiger charge is -2.31. The normalized spacial score (nSPS) is 14.1. The minimum absolute atomic E-state index is 0.207. The number of thiazole rings is 1. The van der Waals surface area contributed by atoms with E-state index in [2.05, 4.69) is 110 Å². The molecule has 236 valence electrons. The van der Waals surface area contributed by atoms with Gasteiger partial charge in [0.2, 0.25) is 0 Å². The number of hydrogen-bond acceptors (Lipinski definition) is 6. The van der Waals surface area contributed by atoms with Gasteiger partial charge in [0.1, 0.15) is 17.4 Å².